The first-order chi connectivity index (χ1) is 6.13. The Kier molecular flexibility index (Phi) is 3.07. The van der Waals surface area contributed by atoms with E-state index in [2.05, 4.69) is 0 Å². The largest absolute Gasteiger partial charge is 0.426 e. The van der Waals surface area contributed by atoms with Crippen molar-refractivity contribution in [2.45, 2.75) is 27.2 Å². The maximum atomic E-state index is 10.8. The topological polar surface area (TPSA) is 26.3 Å². The number of carbonyl (C=O) groups is 1. The fourth-order valence-electron chi connectivity index (χ4n) is 1.20. The third kappa shape index (κ3) is 2.58. The highest BCUT2D eigenvalue weighted by Crippen LogP contribution is 2.20. The predicted octanol–water partition coefficient (Wildman–Crippen LogP) is 2.48. The highest BCUT2D eigenvalue weighted by Gasteiger charge is 2.04. The molecule has 0 aliphatic heterocycles. The second-order valence-electron chi connectivity index (χ2n) is 3.06. The average molecular weight is 178 g/mol. The van der Waals surface area contributed by atoms with Crippen LogP contribution in [-0.4, -0.2) is 5.97 Å². The van der Waals surface area contributed by atoms with E-state index in [1.165, 1.54) is 6.92 Å². The van der Waals surface area contributed by atoms with Crippen molar-refractivity contribution in [1.82, 2.24) is 0 Å². The summed E-state index contributed by atoms with van der Waals surface area (Å²) in [7, 11) is 0. The van der Waals surface area contributed by atoms with E-state index in [0.29, 0.717) is 5.75 Å². The lowest BCUT2D eigenvalue weighted by molar-refractivity contribution is -0.131. The van der Waals surface area contributed by atoms with Crippen LogP contribution in [0.15, 0.2) is 18.2 Å². The minimum absolute atomic E-state index is 0.264. The molecule has 0 N–H and O–H groups in total. The standard InChI is InChI=1S/C11H14O2/c1-4-10-6-5-8(2)7-11(10)13-9(3)12/h5-7H,4H2,1-3H3. The quantitative estimate of drug-likeness (QED) is 0.513. The Morgan fingerprint density at radius 3 is 2.69 bits per heavy atom. The molecule has 0 atom stereocenters. The van der Waals surface area contributed by atoms with Gasteiger partial charge in [-0.3, -0.25) is 4.79 Å². The van der Waals surface area contributed by atoms with Gasteiger partial charge in [0.2, 0.25) is 0 Å². The zero-order valence-corrected chi connectivity index (χ0v) is 8.26. The van der Waals surface area contributed by atoms with Gasteiger partial charge < -0.3 is 4.74 Å². The van der Waals surface area contributed by atoms with E-state index in [1.807, 2.05) is 32.0 Å². The van der Waals surface area contributed by atoms with Crippen LogP contribution in [0.4, 0.5) is 0 Å². The second kappa shape index (κ2) is 4.08. The van der Waals surface area contributed by atoms with E-state index in [1.54, 1.807) is 0 Å². The molecule has 0 saturated carbocycles. The Morgan fingerprint density at radius 2 is 2.15 bits per heavy atom. The molecular formula is C11H14O2. The van der Waals surface area contributed by atoms with Gasteiger partial charge >= 0.3 is 5.97 Å². The van der Waals surface area contributed by atoms with Crippen LogP contribution in [0.1, 0.15) is 25.0 Å². The van der Waals surface area contributed by atoms with Crippen molar-refractivity contribution in [1.29, 1.82) is 0 Å². The minimum Gasteiger partial charge on any atom is -0.426 e. The molecule has 0 unspecified atom stereocenters. The smallest absolute Gasteiger partial charge is 0.308 e. The molecule has 1 aromatic rings. The van der Waals surface area contributed by atoms with Crippen molar-refractivity contribution in [2.24, 2.45) is 0 Å². The fraction of sp³-hybridized carbons (Fsp3) is 0.364. The first kappa shape index (κ1) is 9.78. The number of aryl methyl sites for hydroxylation is 2. The molecule has 0 aromatic heterocycles. The summed E-state index contributed by atoms with van der Waals surface area (Å²) in [6.07, 6.45) is 0.878. The van der Waals surface area contributed by atoms with Gasteiger partial charge in [0.05, 0.1) is 0 Å². The first-order valence-corrected chi connectivity index (χ1v) is 4.41. The highest BCUT2D eigenvalue weighted by atomic mass is 16.5. The normalized spacial score (nSPS) is 9.77. The van der Waals surface area contributed by atoms with E-state index >= 15 is 0 Å². The van der Waals surface area contributed by atoms with Crippen LogP contribution in [0.5, 0.6) is 5.75 Å². The van der Waals surface area contributed by atoms with Crippen molar-refractivity contribution in [3.05, 3.63) is 29.3 Å². The molecule has 0 aliphatic carbocycles. The maximum Gasteiger partial charge on any atom is 0.308 e. The molecule has 0 radical (unpaired) electrons. The molecule has 0 saturated heterocycles. The zero-order valence-electron chi connectivity index (χ0n) is 8.26. The molecule has 1 rings (SSSR count). The molecule has 0 aliphatic rings. The first-order valence-electron chi connectivity index (χ1n) is 4.41. The summed E-state index contributed by atoms with van der Waals surface area (Å²) in [6.45, 7) is 5.44. The Balaban J connectivity index is 3.01. The molecule has 2 heteroatoms. The van der Waals surface area contributed by atoms with Crippen molar-refractivity contribution < 1.29 is 9.53 Å². The number of esters is 1. The Morgan fingerprint density at radius 1 is 1.46 bits per heavy atom. The molecule has 13 heavy (non-hydrogen) atoms. The van der Waals surface area contributed by atoms with Crippen LogP contribution in [0.2, 0.25) is 0 Å². The average Bonchev–Trinajstić information content (AvgIpc) is 2.03. The molecule has 2 nitrogen and oxygen atoms in total. The summed E-state index contributed by atoms with van der Waals surface area (Å²) in [5.41, 5.74) is 2.18. The molecule has 0 fully saturated rings. The molecule has 0 bridgehead atoms. The lowest BCUT2D eigenvalue weighted by Crippen LogP contribution is -2.03. The Hall–Kier alpha value is -1.31. The number of benzene rings is 1. The third-order valence-corrected chi connectivity index (χ3v) is 1.86. The SMILES string of the molecule is CCc1ccc(C)cc1OC(C)=O. The van der Waals surface area contributed by atoms with Gasteiger partial charge in [0, 0.05) is 6.92 Å². The monoisotopic (exact) mass is 178 g/mol. The molecule has 0 heterocycles. The number of hydrogen-bond donors (Lipinski definition) is 0. The molecular weight excluding hydrogens is 164 g/mol. The molecule has 70 valence electrons. The Labute approximate surface area is 78.5 Å². The molecule has 0 amide bonds. The van der Waals surface area contributed by atoms with Gasteiger partial charge in [-0.25, -0.2) is 0 Å². The van der Waals surface area contributed by atoms with E-state index in [9.17, 15) is 4.79 Å². The van der Waals surface area contributed by atoms with Crippen molar-refractivity contribution in [3.63, 3.8) is 0 Å². The molecule has 0 spiro atoms. The summed E-state index contributed by atoms with van der Waals surface area (Å²) in [5, 5.41) is 0. The summed E-state index contributed by atoms with van der Waals surface area (Å²) in [6, 6.07) is 5.90. The van der Waals surface area contributed by atoms with Gasteiger partial charge in [-0.05, 0) is 30.5 Å². The minimum atomic E-state index is -0.264. The van der Waals surface area contributed by atoms with E-state index in [0.717, 1.165) is 17.5 Å². The fourth-order valence-corrected chi connectivity index (χ4v) is 1.20. The van der Waals surface area contributed by atoms with Gasteiger partial charge in [0.1, 0.15) is 5.75 Å². The van der Waals surface area contributed by atoms with E-state index in [-0.39, 0.29) is 5.97 Å². The van der Waals surface area contributed by atoms with Crippen LogP contribution < -0.4 is 4.74 Å². The van der Waals surface area contributed by atoms with Gasteiger partial charge in [0.15, 0.2) is 0 Å². The van der Waals surface area contributed by atoms with Crippen LogP contribution in [0, 0.1) is 6.92 Å². The Bertz CT molecular complexity index is 316. The van der Waals surface area contributed by atoms with Gasteiger partial charge in [-0.1, -0.05) is 19.1 Å². The van der Waals surface area contributed by atoms with Crippen molar-refractivity contribution in [2.75, 3.05) is 0 Å². The van der Waals surface area contributed by atoms with Crippen LogP contribution in [-0.2, 0) is 11.2 Å². The van der Waals surface area contributed by atoms with E-state index < -0.39 is 0 Å². The summed E-state index contributed by atoms with van der Waals surface area (Å²) < 4.78 is 5.08. The van der Waals surface area contributed by atoms with Gasteiger partial charge in [-0.2, -0.15) is 0 Å². The number of rotatable bonds is 2. The van der Waals surface area contributed by atoms with E-state index in [4.69, 9.17) is 4.74 Å². The van der Waals surface area contributed by atoms with Crippen LogP contribution in [0.25, 0.3) is 0 Å². The van der Waals surface area contributed by atoms with Crippen molar-refractivity contribution >= 4 is 5.97 Å². The van der Waals surface area contributed by atoms with Gasteiger partial charge in [0.25, 0.3) is 0 Å². The van der Waals surface area contributed by atoms with Crippen molar-refractivity contribution in [3.8, 4) is 5.75 Å². The third-order valence-electron chi connectivity index (χ3n) is 1.86. The summed E-state index contributed by atoms with van der Waals surface area (Å²) in [5.74, 6) is 0.426. The lowest BCUT2D eigenvalue weighted by atomic mass is 10.1. The summed E-state index contributed by atoms with van der Waals surface area (Å²) >= 11 is 0. The van der Waals surface area contributed by atoms with Crippen LogP contribution in [0.3, 0.4) is 0 Å². The number of ether oxygens (including phenoxy) is 1. The predicted molar refractivity (Wildman–Crippen MR) is 51.9 cm³/mol. The van der Waals surface area contributed by atoms with Crippen LogP contribution >= 0.6 is 0 Å². The second-order valence-corrected chi connectivity index (χ2v) is 3.06. The molecule has 1 aromatic carbocycles. The lowest BCUT2D eigenvalue weighted by Gasteiger charge is -2.07. The van der Waals surface area contributed by atoms with Gasteiger partial charge in [-0.15, -0.1) is 0 Å². The maximum absolute atomic E-state index is 10.8. The number of carbonyl (C=O) groups excluding carboxylic acids is 1. The highest BCUT2D eigenvalue weighted by molar-refractivity contribution is 5.69. The summed E-state index contributed by atoms with van der Waals surface area (Å²) in [4.78, 5) is 10.8. The number of hydrogen-bond acceptors (Lipinski definition) is 2. The zero-order chi connectivity index (χ0) is 9.84.